The molecule has 0 amide bonds. The number of carbonyl (C=O) groups excluding carboxylic acids is 1. The van der Waals surface area contributed by atoms with Crippen LogP contribution in [0.15, 0.2) is 48.5 Å². The zero-order valence-electron chi connectivity index (χ0n) is 10.7. The Labute approximate surface area is 122 Å². The maximum absolute atomic E-state index is 10.7. The van der Waals surface area contributed by atoms with Crippen LogP contribution in [0.5, 0.6) is 0 Å². The number of rotatable bonds is 3. The number of benzene rings is 2. The number of aldehydes is 1. The molecule has 0 atom stereocenters. The van der Waals surface area contributed by atoms with Crippen LogP contribution in [0.25, 0.3) is 0 Å². The number of hydrogen-bond acceptors (Lipinski definition) is 3. The number of hydrogen-bond donors (Lipinski definition) is 0. The zero-order valence-corrected chi connectivity index (χ0v) is 11.5. The molecule has 1 heterocycles. The second-order valence-corrected chi connectivity index (χ2v) is 5.00. The summed E-state index contributed by atoms with van der Waals surface area (Å²) < 4.78 is 11.7. The third kappa shape index (κ3) is 2.24. The summed E-state index contributed by atoms with van der Waals surface area (Å²) in [4.78, 5) is 10.7. The van der Waals surface area contributed by atoms with E-state index in [0.29, 0.717) is 23.8 Å². The molecule has 0 aromatic heterocycles. The summed E-state index contributed by atoms with van der Waals surface area (Å²) in [5.74, 6) is -0.911. The molecule has 0 unspecified atom stereocenters. The smallest absolute Gasteiger partial charge is 0.222 e. The molecule has 0 spiro atoms. The standard InChI is InChI=1S/C16H13ClO3/c17-15-7-5-14(6-8-15)16(19-9-10-20-16)13-3-1-12(11-18)2-4-13/h1-8,11H,9-10H2. The van der Waals surface area contributed by atoms with Crippen molar-refractivity contribution >= 4 is 17.9 Å². The highest BCUT2D eigenvalue weighted by Crippen LogP contribution is 2.38. The van der Waals surface area contributed by atoms with Crippen LogP contribution >= 0.6 is 11.6 Å². The number of halogens is 1. The van der Waals surface area contributed by atoms with Gasteiger partial charge in [0.15, 0.2) is 0 Å². The lowest BCUT2D eigenvalue weighted by atomic mass is 9.96. The average Bonchev–Trinajstić information content (AvgIpc) is 2.99. The largest absolute Gasteiger partial charge is 0.340 e. The summed E-state index contributed by atoms with van der Waals surface area (Å²) in [5.41, 5.74) is 2.37. The van der Waals surface area contributed by atoms with Gasteiger partial charge in [0.25, 0.3) is 0 Å². The van der Waals surface area contributed by atoms with Crippen LogP contribution in [0.2, 0.25) is 5.02 Å². The Morgan fingerprint density at radius 3 is 1.90 bits per heavy atom. The summed E-state index contributed by atoms with van der Waals surface area (Å²) in [6, 6.07) is 14.6. The lowest BCUT2D eigenvalue weighted by molar-refractivity contribution is -0.129. The van der Waals surface area contributed by atoms with E-state index >= 15 is 0 Å². The Hall–Kier alpha value is -1.68. The van der Waals surface area contributed by atoms with Crippen molar-refractivity contribution in [2.45, 2.75) is 5.79 Å². The molecule has 102 valence electrons. The summed E-state index contributed by atoms with van der Waals surface area (Å²) >= 11 is 5.93. The minimum atomic E-state index is -0.911. The Balaban J connectivity index is 2.06. The highest BCUT2D eigenvalue weighted by molar-refractivity contribution is 6.30. The van der Waals surface area contributed by atoms with Crippen LogP contribution in [0.1, 0.15) is 21.5 Å². The summed E-state index contributed by atoms with van der Waals surface area (Å²) in [7, 11) is 0. The first-order valence-corrected chi connectivity index (χ1v) is 6.72. The third-order valence-corrected chi connectivity index (χ3v) is 3.60. The fourth-order valence-electron chi connectivity index (χ4n) is 2.36. The van der Waals surface area contributed by atoms with E-state index in [1.54, 1.807) is 12.1 Å². The fraction of sp³-hybridized carbons (Fsp3) is 0.188. The molecule has 3 rings (SSSR count). The molecule has 1 saturated heterocycles. The van der Waals surface area contributed by atoms with Gasteiger partial charge in [-0.05, 0) is 12.1 Å². The molecule has 3 nitrogen and oxygen atoms in total. The second-order valence-electron chi connectivity index (χ2n) is 4.56. The van der Waals surface area contributed by atoms with Crippen molar-refractivity contribution in [2.24, 2.45) is 0 Å². The van der Waals surface area contributed by atoms with E-state index in [0.717, 1.165) is 17.4 Å². The molecule has 1 aliphatic rings. The molecule has 4 heteroatoms. The quantitative estimate of drug-likeness (QED) is 0.812. The molecule has 0 saturated carbocycles. The lowest BCUT2D eigenvalue weighted by Gasteiger charge is -2.28. The van der Waals surface area contributed by atoms with E-state index in [2.05, 4.69) is 0 Å². The van der Waals surface area contributed by atoms with Crippen LogP contribution in [-0.2, 0) is 15.3 Å². The third-order valence-electron chi connectivity index (χ3n) is 3.35. The topological polar surface area (TPSA) is 35.5 Å². The summed E-state index contributed by atoms with van der Waals surface area (Å²) in [6.07, 6.45) is 0.815. The average molecular weight is 289 g/mol. The van der Waals surface area contributed by atoms with Crippen LogP contribution in [0.4, 0.5) is 0 Å². The van der Waals surface area contributed by atoms with Gasteiger partial charge in [-0.25, -0.2) is 0 Å². The van der Waals surface area contributed by atoms with Gasteiger partial charge in [-0.15, -0.1) is 0 Å². The number of ether oxygens (including phenoxy) is 2. The Morgan fingerprint density at radius 2 is 1.40 bits per heavy atom. The number of carbonyl (C=O) groups is 1. The van der Waals surface area contributed by atoms with Crippen LogP contribution in [0, 0.1) is 0 Å². The van der Waals surface area contributed by atoms with Crippen LogP contribution < -0.4 is 0 Å². The minimum absolute atomic E-state index is 0.526. The van der Waals surface area contributed by atoms with E-state index in [1.807, 2.05) is 36.4 Å². The molecule has 0 radical (unpaired) electrons. The van der Waals surface area contributed by atoms with Crippen molar-refractivity contribution in [3.05, 3.63) is 70.2 Å². The molecule has 20 heavy (non-hydrogen) atoms. The SMILES string of the molecule is O=Cc1ccc(C2(c3ccc(Cl)cc3)OCCO2)cc1. The molecule has 0 bridgehead atoms. The van der Waals surface area contributed by atoms with Gasteiger partial charge >= 0.3 is 0 Å². The van der Waals surface area contributed by atoms with Crippen LogP contribution in [0.3, 0.4) is 0 Å². The van der Waals surface area contributed by atoms with Gasteiger partial charge in [-0.3, -0.25) is 4.79 Å². The van der Waals surface area contributed by atoms with Gasteiger partial charge in [0.2, 0.25) is 5.79 Å². The fourth-order valence-corrected chi connectivity index (χ4v) is 2.49. The van der Waals surface area contributed by atoms with Crippen molar-refractivity contribution in [3.8, 4) is 0 Å². The highest BCUT2D eigenvalue weighted by Gasteiger charge is 2.40. The lowest BCUT2D eigenvalue weighted by Crippen LogP contribution is -2.28. The Kier molecular flexibility index (Phi) is 3.57. The first-order chi connectivity index (χ1) is 9.74. The Morgan fingerprint density at radius 1 is 0.900 bits per heavy atom. The molecule has 0 N–H and O–H groups in total. The van der Waals surface area contributed by atoms with Crippen molar-refractivity contribution < 1.29 is 14.3 Å². The normalized spacial score (nSPS) is 17.1. The van der Waals surface area contributed by atoms with Gasteiger partial charge in [0.1, 0.15) is 6.29 Å². The second kappa shape index (κ2) is 5.37. The van der Waals surface area contributed by atoms with Gasteiger partial charge < -0.3 is 9.47 Å². The van der Waals surface area contributed by atoms with Gasteiger partial charge in [-0.2, -0.15) is 0 Å². The summed E-state index contributed by atoms with van der Waals surface area (Å²) in [5, 5.41) is 0.665. The van der Waals surface area contributed by atoms with E-state index in [-0.39, 0.29) is 0 Å². The summed E-state index contributed by atoms with van der Waals surface area (Å²) in [6.45, 7) is 1.05. The monoisotopic (exact) mass is 288 g/mol. The molecule has 0 aliphatic carbocycles. The zero-order chi connectivity index (χ0) is 14.0. The maximum Gasteiger partial charge on any atom is 0.222 e. The molecule has 1 fully saturated rings. The van der Waals surface area contributed by atoms with E-state index in [1.165, 1.54) is 0 Å². The first kappa shape index (κ1) is 13.3. The van der Waals surface area contributed by atoms with E-state index < -0.39 is 5.79 Å². The predicted molar refractivity (Wildman–Crippen MR) is 76.0 cm³/mol. The predicted octanol–water partition coefficient (Wildman–Crippen LogP) is 3.40. The van der Waals surface area contributed by atoms with Crippen molar-refractivity contribution in [2.75, 3.05) is 13.2 Å². The van der Waals surface area contributed by atoms with E-state index in [4.69, 9.17) is 21.1 Å². The molecule has 1 aliphatic heterocycles. The van der Waals surface area contributed by atoms with Gasteiger partial charge in [0.05, 0.1) is 13.2 Å². The van der Waals surface area contributed by atoms with Crippen molar-refractivity contribution in [1.82, 2.24) is 0 Å². The van der Waals surface area contributed by atoms with Crippen molar-refractivity contribution in [1.29, 1.82) is 0 Å². The molecular weight excluding hydrogens is 276 g/mol. The molecule has 2 aromatic rings. The minimum Gasteiger partial charge on any atom is -0.340 e. The highest BCUT2D eigenvalue weighted by atomic mass is 35.5. The first-order valence-electron chi connectivity index (χ1n) is 6.34. The maximum atomic E-state index is 10.7. The van der Waals surface area contributed by atoms with Crippen LogP contribution in [-0.4, -0.2) is 19.5 Å². The molecular formula is C16H13ClO3. The van der Waals surface area contributed by atoms with E-state index in [9.17, 15) is 4.79 Å². The van der Waals surface area contributed by atoms with Crippen molar-refractivity contribution in [3.63, 3.8) is 0 Å². The van der Waals surface area contributed by atoms with Gasteiger partial charge in [-0.1, -0.05) is 48.0 Å². The van der Waals surface area contributed by atoms with Gasteiger partial charge in [0, 0.05) is 21.7 Å². The Bertz CT molecular complexity index is 599. The molecule has 2 aromatic carbocycles.